The second-order valence-corrected chi connectivity index (χ2v) is 11.5. The molecule has 1 heterocycles. The minimum atomic E-state index is -0.617. The zero-order valence-electron chi connectivity index (χ0n) is 23.7. The molecule has 5 N–H and O–H groups in total. The lowest BCUT2D eigenvalue weighted by Gasteiger charge is -2.29. The van der Waals surface area contributed by atoms with Crippen LogP contribution in [-0.2, 0) is 16.0 Å². The predicted molar refractivity (Wildman–Crippen MR) is 154 cm³/mol. The SMILES string of the molecule is CC(C)(C)OC(=O)NC[C@H]1CC[C@H](C(=O)N[C@@H](Cc2ccccc2N)c2nc(-c3ccc(C#N)c(F)c3)c[nH]2)CC1. The summed E-state index contributed by atoms with van der Waals surface area (Å²) < 4.78 is 19.5. The maximum Gasteiger partial charge on any atom is 0.407 e. The first kappa shape index (κ1) is 29.6. The van der Waals surface area contributed by atoms with Crippen molar-refractivity contribution in [1.82, 2.24) is 20.6 Å². The molecule has 0 spiro atoms. The number of para-hydroxylation sites is 1. The van der Waals surface area contributed by atoms with E-state index < -0.39 is 23.6 Å². The summed E-state index contributed by atoms with van der Waals surface area (Å²) in [7, 11) is 0. The van der Waals surface area contributed by atoms with E-state index in [2.05, 4.69) is 20.6 Å². The number of alkyl carbamates (subject to hydrolysis) is 1. The maximum absolute atomic E-state index is 14.2. The van der Waals surface area contributed by atoms with E-state index in [9.17, 15) is 14.0 Å². The topological polar surface area (TPSA) is 146 Å². The van der Waals surface area contributed by atoms with Crippen molar-refractivity contribution in [3.63, 3.8) is 0 Å². The number of rotatable bonds is 8. The van der Waals surface area contributed by atoms with Crippen molar-refractivity contribution in [2.45, 2.75) is 64.5 Å². The van der Waals surface area contributed by atoms with Crippen LogP contribution in [-0.4, -0.2) is 34.1 Å². The second kappa shape index (κ2) is 12.9. The number of carbonyl (C=O) groups excluding carboxylic acids is 2. The van der Waals surface area contributed by atoms with Crippen LogP contribution in [0.15, 0.2) is 48.7 Å². The fourth-order valence-corrected chi connectivity index (χ4v) is 5.04. The van der Waals surface area contributed by atoms with Crippen LogP contribution in [0.1, 0.15) is 69.4 Å². The van der Waals surface area contributed by atoms with E-state index in [-0.39, 0.29) is 23.3 Å². The van der Waals surface area contributed by atoms with Crippen molar-refractivity contribution >= 4 is 17.7 Å². The maximum atomic E-state index is 14.2. The molecule has 1 aromatic heterocycles. The summed E-state index contributed by atoms with van der Waals surface area (Å²) in [5, 5.41) is 15.0. The molecule has 4 rings (SSSR count). The standard InChI is InChI=1S/C31H37FN6O3/c1-31(2,3)41-30(40)36-17-19-8-10-20(11-9-19)29(39)38-26(15-21-6-4-5-7-25(21)34)28-35-18-27(37-28)22-12-13-23(16-33)24(32)14-22/h4-7,12-14,18-20,26H,8-11,15,17,34H2,1-3H3,(H,35,37)(H,36,40)(H,38,39)/t19-,20-,26-/m0/s1. The van der Waals surface area contributed by atoms with Gasteiger partial charge in [0.15, 0.2) is 0 Å². The number of aromatic nitrogens is 2. The molecule has 1 fully saturated rings. The van der Waals surface area contributed by atoms with Gasteiger partial charge in [0.2, 0.25) is 5.91 Å². The average Bonchev–Trinajstić information content (AvgIpc) is 3.42. The fraction of sp³-hybridized carbons (Fsp3) is 0.419. The normalized spacial score (nSPS) is 17.7. The van der Waals surface area contributed by atoms with Crippen LogP contribution >= 0.6 is 0 Å². The summed E-state index contributed by atoms with van der Waals surface area (Å²) in [6, 6.07) is 13.1. The molecular formula is C31H37FN6O3. The Bertz CT molecular complexity index is 1420. The number of nitrogen functional groups attached to an aromatic ring is 1. The second-order valence-electron chi connectivity index (χ2n) is 11.5. The van der Waals surface area contributed by atoms with Gasteiger partial charge in [-0.1, -0.05) is 24.3 Å². The smallest absolute Gasteiger partial charge is 0.407 e. The highest BCUT2D eigenvalue weighted by atomic mass is 19.1. The van der Waals surface area contributed by atoms with Gasteiger partial charge in [-0.25, -0.2) is 14.2 Å². The number of aromatic amines is 1. The zero-order valence-corrected chi connectivity index (χ0v) is 23.7. The van der Waals surface area contributed by atoms with Crippen LogP contribution in [0.25, 0.3) is 11.3 Å². The molecular weight excluding hydrogens is 523 g/mol. The van der Waals surface area contributed by atoms with E-state index in [0.717, 1.165) is 18.4 Å². The number of hydrogen-bond acceptors (Lipinski definition) is 6. The van der Waals surface area contributed by atoms with Gasteiger partial charge in [0.25, 0.3) is 0 Å². The van der Waals surface area contributed by atoms with Crippen molar-refractivity contribution in [2.24, 2.45) is 11.8 Å². The molecule has 216 valence electrons. The van der Waals surface area contributed by atoms with Crippen LogP contribution in [0.4, 0.5) is 14.9 Å². The van der Waals surface area contributed by atoms with Crippen molar-refractivity contribution in [1.29, 1.82) is 5.26 Å². The number of nitriles is 1. The molecule has 1 aliphatic carbocycles. The highest BCUT2D eigenvalue weighted by Crippen LogP contribution is 2.30. The first-order valence-corrected chi connectivity index (χ1v) is 13.9. The summed E-state index contributed by atoms with van der Waals surface area (Å²) in [5.74, 6) is -0.0345. The van der Waals surface area contributed by atoms with Crippen molar-refractivity contribution in [3.05, 3.63) is 71.4 Å². The number of anilines is 1. The molecule has 3 aromatic rings. The Labute approximate surface area is 239 Å². The minimum absolute atomic E-state index is 0.0375. The van der Waals surface area contributed by atoms with Gasteiger partial charge in [-0.3, -0.25) is 4.79 Å². The summed E-state index contributed by atoms with van der Waals surface area (Å²) >= 11 is 0. The highest BCUT2D eigenvalue weighted by molar-refractivity contribution is 5.79. The summed E-state index contributed by atoms with van der Waals surface area (Å²) in [6.07, 6.45) is 4.70. The minimum Gasteiger partial charge on any atom is -0.444 e. The number of hydrogen-bond donors (Lipinski definition) is 4. The Morgan fingerprint density at radius 2 is 1.93 bits per heavy atom. The Morgan fingerprint density at radius 3 is 2.59 bits per heavy atom. The van der Waals surface area contributed by atoms with Gasteiger partial charge in [-0.05, 0) is 76.1 Å². The quantitative estimate of drug-likeness (QED) is 0.271. The van der Waals surface area contributed by atoms with E-state index in [0.29, 0.717) is 48.6 Å². The molecule has 0 unspecified atom stereocenters. The first-order valence-electron chi connectivity index (χ1n) is 13.9. The largest absolute Gasteiger partial charge is 0.444 e. The summed E-state index contributed by atoms with van der Waals surface area (Å²) in [5.41, 5.74) is 8.13. The molecule has 2 amide bonds. The summed E-state index contributed by atoms with van der Waals surface area (Å²) in [4.78, 5) is 33.2. The number of benzene rings is 2. The number of ether oxygens (including phenoxy) is 1. The molecule has 0 radical (unpaired) electrons. The predicted octanol–water partition coefficient (Wildman–Crippen LogP) is 5.40. The van der Waals surface area contributed by atoms with Crippen LogP contribution in [0.3, 0.4) is 0 Å². The number of imidazole rings is 1. The van der Waals surface area contributed by atoms with E-state index >= 15 is 0 Å². The lowest BCUT2D eigenvalue weighted by molar-refractivity contribution is -0.127. The van der Waals surface area contributed by atoms with Gasteiger partial charge in [0, 0.05) is 36.3 Å². The molecule has 1 atom stereocenters. The molecule has 1 aliphatic rings. The lowest BCUT2D eigenvalue weighted by atomic mass is 9.81. The van der Waals surface area contributed by atoms with Crippen molar-refractivity contribution in [3.8, 4) is 17.3 Å². The number of nitrogens with one attached hydrogen (secondary N) is 3. The Hall–Kier alpha value is -4.39. The highest BCUT2D eigenvalue weighted by Gasteiger charge is 2.29. The van der Waals surface area contributed by atoms with E-state index in [1.165, 1.54) is 12.1 Å². The number of halogens is 1. The van der Waals surface area contributed by atoms with Gasteiger partial charge >= 0.3 is 6.09 Å². The number of H-pyrrole nitrogens is 1. The Morgan fingerprint density at radius 1 is 1.20 bits per heavy atom. The van der Waals surface area contributed by atoms with Crippen LogP contribution in [0.2, 0.25) is 0 Å². The fourth-order valence-electron chi connectivity index (χ4n) is 5.04. The third-order valence-electron chi connectivity index (χ3n) is 7.26. The molecule has 0 saturated heterocycles. The number of carbonyl (C=O) groups is 2. The van der Waals surface area contributed by atoms with Gasteiger partial charge in [0.1, 0.15) is 23.3 Å². The molecule has 1 saturated carbocycles. The molecule has 0 aliphatic heterocycles. The number of nitrogens with zero attached hydrogens (tertiary/aromatic N) is 2. The van der Waals surface area contributed by atoms with Crippen LogP contribution < -0.4 is 16.4 Å². The van der Waals surface area contributed by atoms with Crippen LogP contribution in [0.5, 0.6) is 0 Å². The van der Waals surface area contributed by atoms with Crippen molar-refractivity contribution < 1.29 is 18.7 Å². The van der Waals surface area contributed by atoms with E-state index in [1.807, 2.05) is 51.1 Å². The third kappa shape index (κ3) is 8.07. The molecule has 2 aromatic carbocycles. The number of amides is 2. The van der Waals surface area contributed by atoms with Gasteiger partial charge in [-0.2, -0.15) is 5.26 Å². The first-order chi connectivity index (χ1) is 19.5. The third-order valence-corrected chi connectivity index (χ3v) is 7.26. The van der Waals surface area contributed by atoms with Gasteiger partial charge in [-0.15, -0.1) is 0 Å². The van der Waals surface area contributed by atoms with Gasteiger partial charge < -0.3 is 26.1 Å². The lowest BCUT2D eigenvalue weighted by Crippen LogP contribution is -2.39. The molecule has 9 nitrogen and oxygen atoms in total. The van der Waals surface area contributed by atoms with E-state index in [1.54, 1.807) is 12.3 Å². The zero-order chi connectivity index (χ0) is 29.6. The Kier molecular flexibility index (Phi) is 9.28. The molecule has 41 heavy (non-hydrogen) atoms. The molecule has 0 bridgehead atoms. The van der Waals surface area contributed by atoms with E-state index in [4.69, 9.17) is 15.7 Å². The van der Waals surface area contributed by atoms with Crippen LogP contribution in [0, 0.1) is 29.0 Å². The van der Waals surface area contributed by atoms with Gasteiger partial charge in [0.05, 0.1) is 17.3 Å². The molecule has 10 heteroatoms. The average molecular weight is 561 g/mol. The monoisotopic (exact) mass is 560 g/mol. The summed E-state index contributed by atoms with van der Waals surface area (Å²) in [6.45, 7) is 5.99. The Balaban J connectivity index is 1.43. The number of nitrogens with two attached hydrogens (primary N) is 1. The van der Waals surface area contributed by atoms with Crippen molar-refractivity contribution in [2.75, 3.05) is 12.3 Å².